The highest BCUT2D eigenvalue weighted by atomic mass is 35.5. The van der Waals surface area contributed by atoms with E-state index < -0.39 is 0 Å². The summed E-state index contributed by atoms with van der Waals surface area (Å²) in [6.45, 7) is 2.26. The van der Waals surface area contributed by atoms with Crippen LogP contribution in [0, 0.1) is 0 Å². The van der Waals surface area contributed by atoms with Gasteiger partial charge in [-0.25, -0.2) is 0 Å². The van der Waals surface area contributed by atoms with Crippen molar-refractivity contribution < 1.29 is 9.53 Å². The average molecular weight is 353 g/mol. The second-order valence-electron chi connectivity index (χ2n) is 5.40. The first-order chi connectivity index (χ1) is 10.8. The largest absolute Gasteiger partial charge is 0.488 e. The molecule has 23 heavy (non-hydrogen) atoms. The van der Waals surface area contributed by atoms with Gasteiger partial charge in [-0.05, 0) is 49.0 Å². The van der Waals surface area contributed by atoms with Crippen LogP contribution in [0.3, 0.4) is 0 Å². The van der Waals surface area contributed by atoms with Crippen LogP contribution in [-0.4, -0.2) is 25.0 Å². The fourth-order valence-corrected chi connectivity index (χ4v) is 3.14. The van der Waals surface area contributed by atoms with Crippen LogP contribution in [0.15, 0.2) is 41.8 Å². The Morgan fingerprint density at radius 3 is 3.00 bits per heavy atom. The molecule has 0 radical (unpaired) electrons. The Kier molecular flexibility index (Phi) is 6.89. The standard InChI is InChI=1S/C17H20N2O2S.ClH/c20-17(19-11-14-5-2-8-18-14)13-4-1-6-15(10-13)21-12-16-7-3-9-22-16;/h1,3-4,6-7,9-10,14,18H,2,5,8,11-12H2,(H,19,20);1H. The Hall–Kier alpha value is -1.56. The third-order valence-corrected chi connectivity index (χ3v) is 4.58. The number of nitrogens with one attached hydrogen (secondary N) is 2. The molecule has 1 aromatic heterocycles. The number of carbonyl (C=O) groups excluding carboxylic acids is 1. The number of amides is 1. The van der Waals surface area contributed by atoms with Gasteiger partial charge in [0.05, 0.1) is 0 Å². The molecule has 2 heterocycles. The number of carbonyl (C=O) groups is 1. The lowest BCUT2D eigenvalue weighted by Crippen LogP contribution is -2.37. The van der Waals surface area contributed by atoms with E-state index >= 15 is 0 Å². The van der Waals surface area contributed by atoms with Gasteiger partial charge in [-0.2, -0.15) is 0 Å². The fourth-order valence-electron chi connectivity index (χ4n) is 2.53. The first-order valence-electron chi connectivity index (χ1n) is 7.58. The number of hydrogen-bond acceptors (Lipinski definition) is 4. The molecule has 1 aromatic carbocycles. The van der Waals surface area contributed by atoms with Crippen LogP contribution in [0.1, 0.15) is 28.1 Å². The molecule has 1 amide bonds. The zero-order chi connectivity index (χ0) is 15.2. The second-order valence-corrected chi connectivity index (χ2v) is 6.43. The van der Waals surface area contributed by atoms with Gasteiger partial charge < -0.3 is 15.4 Å². The highest BCUT2D eigenvalue weighted by Crippen LogP contribution is 2.17. The number of thiophene rings is 1. The molecule has 2 N–H and O–H groups in total. The first-order valence-corrected chi connectivity index (χ1v) is 8.46. The maximum atomic E-state index is 12.2. The molecule has 6 heteroatoms. The van der Waals surface area contributed by atoms with E-state index in [0.29, 0.717) is 24.8 Å². The van der Waals surface area contributed by atoms with Crippen LogP contribution in [0.4, 0.5) is 0 Å². The van der Waals surface area contributed by atoms with Crippen LogP contribution in [0.5, 0.6) is 5.75 Å². The summed E-state index contributed by atoms with van der Waals surface area (Å²) in [6.07, 6.45) is 2.32. The second kappa shape index (κ2) is 8.91. The minimum Gasteiger partial charge on any atom is -0.488 e. The summed E-state index contributed by atoms with van der Waals surface area (Å²) in [5, 5.41) is 8.38. The van der Waals surface area contributed by atoms with Gasteiger partial charge in [-0.3, -0.25) is 4.79 Å². The van der Waals surface area contributed by atoms with Crippen LogP contribution < -0.4 is 15.4 Å². The van der Waals surface area contributed by atoms with Gasteiger partial charge in [0, 0.05) is 23.0 Å². The van der Waals surface area contributed by atoms with E-state index in [0.717, 1.165) is 18.7 Å². The Bertz CT molecular complexity index is 613. The van der Waals surface area contributed by atoms with E-state index in [4.69, 9.17) is 4.74 Å². The van der Waals surface area contributed by atoms with Crippen LogP contribution in [0.2, 0.25) is 0 Å². The number of ether oxygens (including phenoxy) is 1. The minimum atomic E-state index is -0.0460. The maximum absolute atomic E-state index is 12.2. The van der Waals surface area contributed by atoms with E-state index in [-0.39, 0.29) is 18.3 Å². The molecule has 0 aliphatic carbocycles. The Morgan fingerprint density at radius 1 is 1.35 bits per heavy atom. The predicted octanol–water partition coefficient (Wildman–Crippen LogP) is 3.23. The third-order valence-electron chi connectivity index (χ3n) is 3.73. The quantitative estimate of drug-likeness (QED) is 0.839. The first kappa shape index (κ1) is 17.8. The highest BCUT2D eigenvalue weighted by molar-refractivity contribution is 7.09. The number of benzene rings is 1. The Labute approximate surface area is 146 Å². The summed E-state index contributed by atoms with van der Waals surface area (Å²) in [7, 11) is 0. The lowest BCUT2D eigenvalue weighted by Gasteiger charge is -2.12. The summed E-state index contributed by atoms with van der Waals surface area (Å²) >= 11 is 1.66. The van der Waals surface area contributed by atoms with E-state index in [1.54, 1.807) is 17.4 Å². The molecule has 1 unspecified atom stereocenters. The lowest BCUT2D eigenvalue weighted by molar-refractivity contribution is 0.0950. The van der Waals surface area contributed by atoms with Gasteiger partial charge in [0.1, 0.15) is 12.4 Å². The summed E-state index contributed by atoms with van der Waals surface area (Å²) < 4.78 is 5.74. The van der Waals surface area contributed by atoms with Crippen molar-refractivity contribution in [2.24, 2.45) is 0 Å². The fraction of sp³-hybridized carbons (Fsp3) is 0.353. The molecular weight excluding hydrogens is 332 g/mol. The zero-order valence-electron chi connectivity index (χ0n) is 12.8. The van der Waals surface area contributed by atoms with E-state index in [1.807, 2.05) is 35.7 Å². The topological polar surface area (TPSA) is 50.4 Å². The van der Waals surface area contributed by atoms with Gasteiger partial charge in [0.15, 0.2) is 0 Å². The molecule has 2 aromatic rings. The van der Waals surface area contributed by atoms with Crippen LogP contribution >= 0.6 is 23.7 Å². The molecule has 4 nitrogen and oxygen atoms in total. The molecule has 3 rings (SSSR count). The van der Waals surface area contributed by atoms with Gasteiger partial charge >= 0.3 is 0 Å². The predicted molar refractivity (Wildman–Crippen MR) is 95.7 cm³/mol. The van der Waals surface area contributed by atoms with Crippen molar-refractivity contribution in [3.05, 3.63) is 52.2 Å². The van der Waals surface area contributed by atoms with Crippen molar-refractivity contribution in [2.45, 2.75) is 25.5 Å². The van der Waals surface area contributed by atoms with Crippen molar-refractivity contribution in [2.75, 3.05) is 13.1 Å². The Balaban J connectivity index is 0.00000192. The van der Waals surface area contributed by atoms with Gasteiger partial charge in [-0.15, -0.1) is 23.7 Å². The van der Waals surface area contributed by atoms with Crippen molar-refractivity contribution >= 4 is 29.7 Å². The smallest absolute Gasteiger partial charge is 0.251 e. The number of rotatable bonds is 6. The molecular formula is C17H21ClN2O2S. The highest BCUT2D eigenvalue weighted by Gasteiger charge is 2.15. The van der Waals surface area contributed by atoms with Crippen molar-refractivity contribution in [3.8, 4) is 5.75 Å². The van der Waals surface area contributed by atoms with Crippen molar-refractivity contribution in [1.29, 1.82) is 0 Å². The SMILES string of the molecule is Cl.O=C(NCC1CCCN1)c1cccc(OCc2cccs2)c1. The summed E-state index contributed by atoms with van der Waals surface area (Å²) in [6, 6.07) is 11.8. The monoisotopic (exact) mass is 352 g/mol. The summed E-state index contributed by atoms with van der Waals surface area (Å²) in [5.41, 5.74) is 0.640. The number of hydrogen-bond donors (Lipinski definition) is 2. The molecule has 124 valence electrons. The van der Waals surface area contributed by atoms with E-state index in [1.165, 1.54) is 11.3 Å². The average Bonchev–Trinajstić information content (AvgIpc) is 3.24. The van der Waals surface area contributed by atoms with Crippen LogP contribution in [-0.2, 0) is 6.61 Å². The van der Waals surface area contributed by atoms with Crippen molar-refractivity contribution in [3.63, 3.8) is 0 Å². The zero-order valence-corrected chi connectivity index (χ0v) is 14.4. The minimum absolute atomic E-state index is 0. The van der Waals surface area contributed by atoms with E-state index in [2.05, 4.69) is 10.6 Å². The molecule has 1 aliphatic heterocycles. The van der Waals surface area contributed by atoms with Gasteiger partial charge in [0.2, 0.25) is 0 Å². The molecule has 1 fully saturated rings. The maximum Gasteiger partial charge on any atom is 0.251 e. The molecule has 1 aliphatic rings. The molecule has 0 bridgehead atoms. The lowest BCUT2D eigenvalue weighted by atomic mass is 10.2. The van der Waals surface area contributed by atoms with Gasteiger partial charge in [-0.1, -0.05) is 12.1 Å². The molecule has 0 saturated carbocycles. The summed E-state index contributed by atoms with van der Waals surface area (Å²) in [4.78, 5) is 13.4. The van der Waals surface area contributed by atoms with Crippen LogP contribution in [0.25, 0.3) is 0 Å². The Morgan fingerprint density at radius 2 is 2.26 bits per heavy atom. The molecule has 1 saturated heterocycles. The van der Waals surface area contributed by atoms with Gasteiger partial charge in [0.25, 0.3) is 5.91 Å². The number of halogens is 1. The molecule has 0 spiro atoms. The normalized spacial score (nSPS) is 16.6. The molecule has 1 atom stereocenters. The third kappa shape index (κ3) is 5.23. The van der Waals surface area contributed by atoms with Crippen molar-refractivity contribution in [1.82, 2.24) is 10.6 Å². The summed E-state index contributed by atoms with van der Waals surface area (Å²) in [5.74, 6) is 0.676. The van der Waals surface area contributed by atoms with E-state index in [9.17, 15) is 4.79 Å².